The molecule has 1 saturated heterocycles. The van der Waals surface area contributed by atoms with E-state index < -0.39 is 0 Å². The van der Waals surface area contributed by atoms with Crippen LogP contribution in [0, 0.1) is 0 Å². The summed E-state index contributed by atoms with van der Waals surface area (Å²) in [6.07, 6.45) is 2.70. The Kier molecular flexibility index (Phi) is 5.16. The number of H-pyrrole nitrogens is 1. The molecule has 26 heavy (non-hydrogen) atoms. The molecule has 0 spiro atoms. The summed E-state index contributed by atoms with van der Waals surface area (Å²) in [5.74, 6) is 0. The lowest BCUT2D eigenvalue weighted by Crippen LogP contribution is -2.27. The zero-order valence-corrected chi connectivity index (χ0v) is 15.4. The minimum absolute atomic E-state index is 0.172. The summed E-state index contributed by atoms with van der Waals surface area (Å²) in [5, 5.41) is 14.5. The number of aromatic nitrogens is 1. The number of aliphatic hydroxyl groups is 1. The maximum Gasteiger partial charge on any atom is 0.0695 e. The Hall–Kier alpha value is -2.01. The fourth-order valence-electron chi connectivity index (χ4n) is 3.52. The Balaban J connectivity index is 1.66. The molecule has 1 aromatic heterocycles. The summed E-state index contributed by atoms with van der Waals surface area (Å²) < 4.78 is 5.45. The van der Waals surface area contributed by atoms with Gasteiger partial charge in [0.1, 0.15) is 0 Å². The highest BCUT2D eigenvalue weighted by atomic mass is 35.5. The standard InChI is InChI=1S/C21H23ClN2O2/c22-17-11-16-12-19(15-3-1-14(2-4-15)5-8-25)24-21(16)20(13-17)23-18-6-9-26-10-7-18/h1-4,11-13,18,23-25H,5-10H2. The van der Waals surface area contributed by atoms with Crippen LogP contribution in [0.5, 0.6) is 0 Å². The van der Waals surface area contributed by atoms with Crippen molar-refractivity contribution in [2.75, 3.05) is 25.1 Å². The third kappa shape index (κ3) is 3.73. The third-order valence-electron chi connectivity index (χ3n) is 4.94. The van der Waals surface area contributed by atoms with Crippen LogP contribution in [-0.4, -0.2) is 36.0 Å². The molecular weight excluding hydrogens is 348 g/mol. The van der Waals surface area contributed by atoms with E-state index >= 15 is 0 Å². The van der Waals surface area contributed by atoms with Crippen molar-refractivity contribution >= 4 is 28.2 Å². The van der Waals surface area contributed by atoms with Crippen LogP contribution < -0.4 is 5.32 Å². The highest BCUT2D eigenvalue weighted by Crippen LogP contribution is 2.33. The van der Waals surface area contributed by atoms with E-state index in [0.717, 1.165) is 64.5 Å². The minimum Gasteiger partial charge on any atom is -0.396 e. The van der Waals surface area contributed by atoms with E-state index in [0.29, 0.717) is 12.5 Å². The monoisotopic (exact) mass is 370 g/mol. The van der Waals surface area contributed by atoms with Gasteiger partial charge in [-0.05, 0) is 48.6 Å². The molecule has 0 aliphatic carbocycles. The zero-order valence-electron chi connectivity index (χ0n) is 14.6. The molecule has 136 valence electrons. The van der Waals surface area contributed by atoms with Crippen LogP contribution in [-0.2, 0) is 11.2 Å². The van der Waals surface area contributed by atoms with Crippen molar-refractivity contribution in [2.45, 2.75) is 25.3 Å². The van der Waals surface area contributed by atoms with Gasteiger partial charge in [-0.1, -0.05) is 35.9 Å². The number of hydrogen-bond acceptors (Lipinski definition) is 3. The largest absolute Gasteiger partial charge is 0.396 e. The molecule has 4 rings (SSSR count). The Morgan fingerprint density at radius 1 is 1.12 bits per heavy atom. The first-order valence-corrected chi connectivity index (χ1v) is 9.47. The van der Waals surface area contributed by atoms with Gasteiger partial charge in [0.15, 0.2) is 0 Å². The van der Waals surface area contributed by atoms with E-state index in [1.54, 1.807) is 0 Å². The fraction of sp³-hybridized carbons (Fsp3) is 0.333. The Bertz CT molecular complexity index is 883. The van der Waals surface area contributed by atoms with Crippen LogP contribution >= 0.6 is 11.6 Å². The second-order valence-corrected chi connectivity index (χ2v) is 7.24. The van der Waals surface area contributed by atoms with Crippen LogP contribution in [0.4, 0.5) is 5.69 Å². The molecule has 0 atom stereocenters. The number of aromatic amines is 1. The predicted molar refractivity (Wildman–Crippen MR) is 107 cm³/mol. The quantitative estimate of drug-likeness (QED) is 0.614. The van der Waals surface area contributed by atoms with Gasteiger partial charge in [0, 0.05) is 42.0 Å². The molecule has 0 saturated carbocycles. The molecule has 2 aromatic carbocycles. The van der Waals surface area contributed by atoms with E-state index in [-0.39, 0.29) is 6.61 Å². The van der Waals surface area contributed by atoms with Crippen molar-refractivity contribution in [1.29, 1.82) is 0 Å². The molecule has 1 aliphatic heterocycles. The fourth-order valence-corrected chi connectivity index (χ4v) is 3.75. The average Bonchev–Trinajstić information content (AvgIpc) is 3.07. The number of halogens is 1. The van der Waals surface area contributed by atoms with Crippen LogP contribution in [0.2, 0.25) is 5.02 Å². The molecule has 0 amide bonds. The van der Waals surface area contributed by atoms with E-state index in [2.05, 4.69) is 40.6 Å². The number of fused-ring (bicyclic) bond motifs is 1. The smallest absolute Gasteiger partial charge is 0.0695 e. The number of benzene rings is 2. The molecule has 5 heteroatoms. The van der Waals surface area contributed by atoms with Crippen molar-refractivity contribution in [1.82, 2.24) is 4.98 Å². The number of anilines is 1. The van der Waals surface area contributed by atoms with E-state index in [9.17, 15) is 0 Å². The van der Waals surface area contributed by atoms with Gasteiger partial charge in [0.25, 0.3) is 0 Å². The number of hydrogen-bond donors (Lipinski definition) is 3. The van der Waals surface area contributed by atoms with Gasteiger partial charge < -0.3 is 20.1 Å². The maximum atomic E-state index is 9.06. The summed E-state index contributed by atoms with van der Waals surface area (Å²) >= 11 is 6.35. The Morgan fingerprint density at radius 3 is 2.62 bits per heavy atom. The SMILES string of the molecule is OCCc1ccc(-c2cc3cc(Cl)cc(NC4CCOCC4)c3[nH]2)cc1. The molecule has 0 bridgehead atoms. The number of ether oxygens (including phenoxy) is 1. The molecule has 3 N–H and O–H groups in total. The molecule has 2 heterocycles. The van der Waals surface area contributed by atoms with Gasteiger partial charge in [0.2, 0.25) is 0 Å². The third-order valence-corrected chi connectivity index (χ3v) is 5.16. The summed E-state index contributed by atoms with van der Waals surface area (Å²) in [6, 6.07) is 14.8. The molecule has 0 radical (unpaired) electrons. The van der Waals surface area contributed by atoms with Crippen molar-refractivity contribution in [3.05, 3.63) is 53.1 Å². The molecule has 1 fully saturated rings. The van der Waals surface area contributed by atoms with Gasteiger partial charge in [0.05, 0.1) is 11.2 Å². The van der Waals surface area contributed by atoms with E-state index in [4.69, 9.17) is 21.4 Å². The first kappa shape index (κ1) is 17.4. The number of aliphatic hydroxyl groups excluding tert-OH is 1. The van der Waals surface area contributed by atoms with Crippen molar-refractivity contribution in [3.63, 3.8) is 0 Å². The van der Waals surface area contributed by atoms with Crippen LogP contribution in [0.3, 0.4) is 0 Å². The summed E-state index contributed by atoms with van der Waals surface area (Å²) in [4.78, 5) is 3.55. The van der Waals surface area contributed by atoms with Crippen molar-refractivity contribution in [3.8, 4) is 11.3 Å². The summed E-state index contributed by atoms with van der Waals surface area (Å²) in [7, 11) is 0. The van der Waals surface area contributed by atoms with Crippen molar-refractivity contribution < 1.29 is 9.84 Å². The Labute approximate surface area is 158 Å². The van der Waals surface area contributed by atoms with E-state index in [1.165, 1.54) is 0 Å². The zero-order chi connectivity index (χ0) is 17.9. The average molecular weight is 371 g/mol. The topological polar surface area (TPSA) is 57.3 Å². The lowest BCUT2D eigenvalue weighted by molar-refractivity contribution is 0.0905. The molecular formula is C21H23ClN2O2. The lowest BCUT2D eigenvalue weighted by Gasteiger charge is -2.24. The molecule has 0 unspecified atom stereocenters. The first-order chi connectivity index (χ1) is 12.7. The second-order valence-electron chi connectivity index (χ2n) is 6.80. The van der Waals surface area contributed by atoms with Gasteiger partial charge in [-0.25, -0.2) is 0 Å². The normalized spacial score (nSPS) is 15.5. The minimum atomic E-state index is 0.172. The number of nitrogens with one attached hydrogen (secondary N) is 2. The van der Waals surface area contributed by atoms with Crippen LogP contribution in [0.1, 0.15) is 18.4 Å². The van der Waals surface area contributed by atoms with Gasteiger partial charge in [-0.15, -0.1) is 0 Å². The highest BCUT2D eigenvalue weighted by molar-refractivity contribution is 6.32. The van der Waals surface area contributed by atoms with Crippen LogP contribution in [0.15, 0.2) is 42.5 Å². The Morgan fingerprint density at radius 2 is 1.88 bits per heavy atom. The molecule has 1 aliphatic rings. The van der Waals surface area contributed by atoms with Gasteiger partial charge in [-0.2, -0.15) is 0 Å². The predicted octanol–water partition coefficient (Wildman–Crippen LogP) is 4.61. The highest BCUT2D eigenvalue weighted by Gasteiger charge is 2.16. The molecule has 4 nitrogen and oxygen atoms in total. The summed E-state index contributed by atoms with van der Waals surface area (Å²) in [6.45, 7) is 1.78. The second kappa shape index (κ2) is 7.70. The van der Waals surface area contributed by atoms with Gasteiger partial charge >= 0.3 is 0 Å². The van der Waals surface area contributed by atoms with E-state index in [1.807, 2.05) is 12.1 Å². The maximum absolute atomic E-state index is 9.06. The molecule has 3 aromatic rings. The lowest BCUT2D eigenvalue weighted by atomic mass is 10.1. The van der Waals surface area contributed by atoms with Crippen LogP contribution in [0.25, 0.3) is 22.2 Å². The number of rotatable bonds is 5. The first-order valence-electron chi connectivity index (χ1n) is 9.09. The van der Waals surface area contributed by atoms with Crippen molar-refractivity contribution in [2.24, 2.45) is 0 Å². The van der Waals surface area contributed by atoms with Gasteiger partial charge in [-0.3, -0.25) is 0 Å². The summed E-state index contributed by atoms with van der Waals surface area (Å²) in [5.41, 5.74) is 5.44.